The van der Waals surface area contributed by atoms with Crippen molar-refractivity contribution < 1.29 is 68.6 Å². The van der Waals surface area contributed by atoms with E-state index in [1.165, 1.54) is 0 Å². The van der Waals surface area contributed by atoms with Crippen LogP contribution in [0.1, 0.15) is 33.1 Å². The van der Waals surface area contributed by atoms with Crippen LogP contribution >= 0.6 is 0 Å². The van der Waals surface area contributed by atoms with Crippen LogP contribution < -0.4 is 38.9 Å². The highest BCUT2D eigenvalue weighted by molar-refractivity contribution is 5.87. The zero-order valence-electron chi connectivity index (χ0n) is 31.3. The van der Waals surface area contributed by atoms with Crippen LogP contribution in [0.15, 0.2) is 11.8 Å². The Morgan fingerprint density at radius 2 is 1.48 bits per heavy atom. The quantitative estimate of drug-likeness (QED) is 0.109. The molecule has 0 radical (unpaired) electrons. The summed E-state index contributed by atoms with van der Waals surface area (Å²) in [5, 5.41) is 72.2. The summed E-state index contributed by atoms with van der Waals surface area (Å²) >= 11 is 0. The van der Waals surface area contributed by atoms with E-state index in [0.717, 1.165) is 0 Å². The monoisotopic (exact) mass is 779 g/mol. The molecule has 0 spiro atoms. The summed E-state index contributed by atoms with van der Waals surface area (Å²) in [6.07, 6.45) is -9.14. The molecule has 2 unspecified atom stereocenters. The molecule has 0 bridgehead atoms. The molecule has 2 saturated carbocycles. The first-order valence-electron chi connectivity index (χ1n) is 18.4. The van der Waals surface area contributed by atoms with Crippen LogP contribution in [0, 0.1) is 0 Å². The Balaban J connectivity index is 0.000000217. The van der Waals surface area contributed by atoms with Crippen molar-refractivity contribution in [2.75, 3.05) is 34.3 Å². The molecule has 3 saturated heterocycles. The minimum atomic E-state index is -2.23. The van der Waals surface area contributed by atoms with E-state index in [-0.39, 0.29) is 19.6 Å². The number of nitrogens with one attached hydrogen (secondary N) is 3. The first-order valence-corrected chi connectivity index (χ1v) is 18.4. The van der Waals surface area contributed by atoms with Gasteiger partial charge >= 0.3 is 0 Å². The second-order valence-corrected chi connectivity index (χ2v) is 15.2. The maximum atomic E-state index is 12.2. The molecular formula is C33H61N7O14. The fourth-order valence-corrected chi connectivity index (χ4v) is 8.12. The highest BCUT2D eigenvalue weighted by Crippen LogP contribution is 2.40. The average Bonchev–Trinajstić information content (AvgIpc) is 3.11. The number of nitrogens with two attached hydrogens (primary N) is 4. The van der Waals surface area contributed by atoms with Gasteiger partial charge in [0.2, 0.25) is 12.6 Å². The number of aliphatic hydroxyl groups is 6. The van der Waals surface area contributed by atoms with E-state index in [0.29, 0.717) is 18.6 Å². The summed E-state index contributed by atoms with van der Waals surface area (Å²) in [7, 11) is 4.86. The molecule has 21 nitrogen and oxygen atoms in total. The third kappa shape index (κ3) is 8.50. The Bertz CT molecular complexity index is 1310. The Hall–Kier alpha value is -1.55. The minimum Gasteiger partial charge on any atom is -0.467 e. The Morgan fingerprint density at radius 1 is 0.852 bits per heavy atom. The molecule has 4 aliphatic heterocycles. The van der Waals surface area contributed by atoms with Crippen molar-refractivity contribution in [3.8, 4) is 0 Å². The lowest BCUT2D eigenvalue weighted by Gasteiger charge is -2.55. The van der Waals surface area contributed by atoms with Gasteiger partial charge in [0.1, 0.15) is 54.1 Å². The van der Waals surface area contributed by atoms with E-state index in [2.05, 4.69) is 16.0 Å². The third-order valence-electron chi connectivity index (χ3n) is 11.2. The maximum Gasteiger partial charge on any atom is 0.280 e. The van der Waals surface area contributed by atoms with E-state index < -0.39 is 127 Å². The van der Waals surface area contributed by atoms with E-state index >= 15 is 0 Å². The van der Waals surface area contributed by atoms with Gasteiger partial charge in [0, 0.05) is 18.5 Å². The molecule has 21 heteroatoms. The second-order valence-electron chi connectivity index (χ2n) is 15.2. The van der Waals surface area contributed by atoms with Crippen molar-refractivity contribution in [3.05, 3.63) is 11.8 Å². The van der Waals surface area contributed by atoms with E-state index in [1.54, 1.807) is 41.1 Å². The normalized spacial score (nSPS) is 50.8. The van der Waals surface area contributed by atoms with Crippen molar-refractivity contribution >= 4 is 5.78 Å². The van der Waals surface area contributed by atoms with Gasteiger partial charge in [-0.3, -0.25) is 4.79 Å². The van der Waals surface area contributed by atoms with Gasteiger partial charge in [-0.1, -0.05) is 0 Å². The van der Waals surface area contributed by atoms with Crippen LogP contribution in [0.5, 0.6) is 0 Å². The summed E-state index contributed by atoms with van der Waals surface area (Å²) in [5.41, 5.74) is 22.9. The summed E-state index contributed by atoms with van der Waals surface area (Å²) < 4.78 is 39.9. The second kappa shape index (κ2) is 17.5. The zero-order valence-corrected chi connectivity index (χ0v) is 31.3. The van der Waals surface area contributed by atoms with Crippen LogP contribution in [0.3, 0.4) is 0 Å². The molecule has 0 aromatic carbocycles. The fourth-order valence-electron chi connectivity index (χ4n) is 8.12. The molecule has 0 aromatic rings. The number of likely N-dealkylation sites (N-methyl/N-ethyl adjacent to an activating group) is 3. The number of hydrogen-bond donors (Lipinski definition) is 13. The number of hydrogen-bond acceptors (Lipinski definition) is 21. The molecule has 54 heavy (non-hydrogen) atoms. The van der Waals surface area contributed by atoms with Crippen molar-refractivity contribution in [2.45, 2.75) is 155 Å². The number of ether oxygens (including phenoxy) is 7. The summed E-state index contributed by atoms with van der Waals surface area (Å²) in [6, 6.07) is -3.66. The molecular weight excluding hydrogens is 718 g/mol. The van der Waals surface area contributed by atoms with Crippen molar-refractivity contribution in [1.82, 2.24) is 16.0 Å². The van der Waals surface area contributed by atoms with Crippen molar-refractivity contribution in [1.29, 1.82) is 0 Å². The summed E-state index contributed by atoms with van der Waals surface area (Å²) in [4.78, 5) is 12.2. The SMILES string of the molecule is CN[C@@H]1[C@@H](O)[C@@H](O[C@@H]2[C@@H](O)[C@H](OC3OC(CN)=CCC3N)[C@@H](N)C[C@H]2N)OC[C@]1(C)O.CN[C@@H]1[C@H](O)[C@H](NC)[C@H]2O[C@@]3(O)C(=O)C[C@@H](C)O[C@H]3O[C@@H]2[C@H]1O. The topological polar surface area (TPSA) is 343 Å². The molecule has 0 amide bonds. The summed E-state index contributed by atoms with van der Waals surface area (Å²) in [6.45, 7) is 3.38. The molecule has 6 rings (SSSR count). The van der Waals surface area contributed by atoms with E-state index in [9.17, 15) is 35.4 Å². The smallest absolute Gasteiger partial charge is 0.280 e. The lowest BCUT2D eigenvalue weighted by atomic mass is 9.80. The predicted molar refractivity (Wildman–Crippen MR) is 187 cm³/mol. The zero-order chi connectivity index (χ0) is 39.9. The van der Waals surface area contributed by atoms with Crippen LogP contribution in [0.25, 0.3) is 0 Å². The molecule has 6 aliphatic rings. The predicted octanol–water partition coefficient (Wildman–Crippen LogP) is -6.78. The van der Waals surface area contributed by atoms with Gasteiger partial charge in [-0.05, 0) is 53.9 Å². The number of carbonyl (C=O) groups excluding carboxylic acids is 1. The van der Waals surface area contributed by atoms with Gasteiger partial charge in [-0.2, -0.15) is 0 Å². The number of aliphatic hydroxyl groups excluding tert-OH is 4. The Labute approximate surface area is 313 Å². The number of carbonyl (C=O) groups is 1. The molecule has 5 fully saturated rings. The van der Waals surface area contributed by atoms with Crippen molar-refractivity contribution in [2.24, 2.45) is 22.9 Å². The van der Waals surface area contributed by atoms with E-state index in [1.807, 2.05) is 0 Å². The van der Waals surface area contributed by atoms with Gasteiger partial charge in [-0.25, -0.2) is 0 Å². The molecule has 4 heterocycles. The summed E-state index contributed by atoms with van der Waals surface area (Å²) in [5.74, 6) is -2.21. The van der Waals surface area contributed by atoms with Gasteiger partial charge < -0.3 is 103 Å². The molecule has 20 atom stereocenters. The van der Waals surface area contributed by atoms with Gasteiger partial charge in [-0.15, -0.1) is 0 Å². The molecule has 2 aliphatic carbocycles. The number of fused-ring (bicyclic) bond motifs is 2. The fraction of sp³-hybridized carbons (Fsp3) is 0.909. The number of rotatable bonds is 8. The third-order valence-corrected chi connectivity index (χ3v) is 11.2. The highest BCUT2D eigenvalue weighted by atomic mass is 16.8. The molecule has 0 aromatic heterocycles. The first kappa shape index (κ1) is 43.6. The standard InChI is InChI=1S/C19H37N5O7.C14H24N2O7/c1-19(27)7-28-18(13(26)16(19)24-2)31-15-11(23)5-10(22)14(12(15)25)30-17-9(21)4-3-8(6-20)29-17;1-5-4-6(17)14(20)13(21-5)22-12-10(19)7(15-2)9(18)8(16-3)11(12)23-14/h3,9-18,24-27H,4-7,20-23H2,1-2H3;5,7-13,15-16,18-20H,4H2,1-3H3/t9?,10-,11+,12-,13+,14+,15-,16+,17?,18+,19-;5-,7-,8+,9+,10+,11-,12-,13+,14+/m01/s1. The largest absolute Gasteiger partial charge is 0.467 e. The van der Waals surface area contributed by atoms with Gasteiger partial charge in [0.05, 0.1) is 49.5 Å². The average molecular weight is 780 g/mol. The lowest BCUT2D eigenvalue weighted by Crippen LogP contribution is -2.77. The van der Waals surface area contributed by atoms with Crippen LogP contribution in [-0.2, 0) is 38.0 Å². The molecule has 312 valence electrons. The molecule has 17 N–H and O–H groups in total. The van der Waals surface area contributed by atoms with Crippen LogP contribution in [0.2, 0.25) is 0 Å². The first-order chi connectivity index (χ1) is 25.4. The maximum absolute atomic E-state index is 12.2. The van der Waals surface area contributed by atoms with E-state index in [4.69, 9.17) is 56.1 Å². The number of ketones is 1. The van der Waals surface area contributed by atoms with Crippen molar-refractivity contribution in [3.63, 3.8) is 0 Å². The lowest BCUT2D eigenvalue weighted by molar-refractivity contribution is -0.420. The number of Topliss-reactive ketones (excluding diaryl/α,β-unsaturated/α-hetero) is 1. The van der Waals surface area contributed by atoms with Crippen LogP contribution in [-0.4, -0.2) is 192 Å². The minimum absolute atomic E-state index is 0.00220. The van der Waals surface area contributed by atoms with Gasteiger partial charge in [0.25, 0.3) is 5.79 Å². The highest BCUT2D eigenvalue weighted by Gasteiger charge is 2.63. The van der Waals surface area contributed by atoms with Gasteiger partial charge in [0.15, 0.2) is 12.1 Å². The Kier molecular flexibility index (Phi) is 14.1. The van der Waals surface area contributed by atoms with Crippen LogP contribution in [0.4, 0.5) is 0 Å². The Morgan fingerprint density at radius 3 is 2.07 bits per heavy atom.